The third kappa shape index (κ3) is 3.97. The number of amides is 2. The molecule has 0 unspecified atom stereocenters. The van der Waals surface area contributed by atoms with Crippen LogP contribution in [-0.4, -0.2) is 31.6 Å². The van der Waals surface area contributed by atoms with Gasteiger partial charge in [-0.3, -0.25) is 19.6 Å². The summed E-state index contributed by atoms with van der Waals surface area (Å²) in [5.41, 5.74) is 14.8. The summed E-state index contributed by atoms with van der Waals surface area (Å²) in [7, 11) is 0. The Labute approximate surface area is 183 Å². The molecule has 4 rings (SSSR count). The van der Waals surface area contributed by atoms with Crippen molar-refractivity contribution >= 4 is 34.5 Å². The number of aromatic nitrogens is 4. The molecule has 4 aromatic rings. The molecule has 2 aromatic carbocycles. The van der Waals surface area contributed by atoms with Gasteiger partial charge in [-0.25, -0.2) is 4.98 Å². The highest BCUT2D eigenvalue weighted by Gasteiger charge is 2.21. The lowest BCUT2D eigenvalue weighted by Gasteiger charge is -2.08. The Morgan fingerprint density at radius 2 is 1.97 bits per heavy atom. The van der Waals surface area contributed by atoms with Crippen molar-refractivity contribution in [2.75, 3.05) is 11.1 Å². The number of H-pyrrole nitrogens is 1. The highest BCUT2D eigenvalue weighted by Crippen LogP contribution is 2.28. The Morgan fingerprint density at radius 1 is 1.22 bits per heavy atom. The molecule has 0 radical (unpaired) electrons. The van der Waals surface area contributed by atoms with Crippen LogP contribution in [0.15, 0.2) is 42.5 Å². The number of hydrogen-bond acceptors (Lipinski definition) is 6. The lowest BCUT2D eigenvalue weighted by Crippen LogP contribution is -2.19. The molecule has 2 aromatic heterocycles. The monoisotopic (exact) mass is 433 g/mol. The molecular formula is C22H23N7O3. The topological polar surface area (TPSA) is 154 Å². The van der Waals surface area contributed by atoms with Crippen LogP contribution in [0.2, 0.25) is 0 Å². The van der Waals surface area contributed by atoms with Gasteiger partial charge in [0.1, 0.15) is 23.6 Å². The largest absolute Gasteiger partial charge is 0.487 e. The van der Waals surface area contributed by atoms with Gasteiger partial charge in [0.05, 0.1) is 16.9 Å². The van der Waals surface area contributed by atoms with E-state index < -0.39 is 11.8 Å². The van der Waals surface area contributed by atoms with E-state index in [4.69, 9.17) is 16.2 Å². The molecule has 0 aliphatic heterocycles. The van der Waals surface area contributed by atoms with Crippen molar-refractivity contribution in [1.29, 1.82) is 0 Å². The Kier molecular flexibility index (Phi) is 5.50. The van der Waals surface area contributed by atoms with Crippen molar-refractivity contribution < 1.29 is 14.3 Å². The van der Waals surface area contributed by atoms with E-state index >= 15 is 0 Å². The van der Waals surface area contributed by atoms with Crippen molar-refractivity contribution in [1.82, 2.24) is 19.7 Å². The van der Waals surface area contributed by atoms with Gasteiger partial charge in [0.25, 0.3) is 5.91 Å². The number of primary amides is 1. The number of nitrogens with zero attached hydrogens (tertiary/aromatic N) is 3. The van der Waals surface area contributed by atoms with Crippen molar-refractivity contribution in [2.45, 2.75) is 27.0 Å². The molecular weight excluding hydrogens is 410 g/mol. The molecule has 0 bridgehead atoms. The first-order chi connectivity index (χ1) is 15.4. The molecule has 2 amide bonds. The summed E-state index contributed by atoms with van der Waals surface area (Å²) in [5.74, 6) is -0.513. The molecule has 0 saturated heterocycles. The molecule has 2 heterocycles. The van der Waals surface area contributed by atoms with Crippen LogP contribution in [0, 0.1) is 6.92 Å². The fourth-order valence-corrected chi connectivity index (χ4v) is 3.36. The van der Waals surface area contributed by atoms with E-state index in [1.54, 1.807) is 13.0 Å². The third-order valence-electron chi connectivity index (χ3n) is 4.99. The highest BCUT2D eigenvalue weighted by atomic mass is 16.5. The van der Waals surface area contributed by atoms with Crippen LogP contribution in [0.4, 0.5) is 11.6 Å². The Morgan fingerprint density at radius 3 is 2.66 bits per heavy atom. The maximum absolute atomic E-state index is 12.9. The lowest BCUT2D eigenvalue weighted by atomic mass is 10.1. The first-order valence-electron chi connectivity index (χ1n) is 10.0. The molecule has 10 heteroatoms. The minimum Gasteiger partial charge on any atom is -0.487 e. The number of nitrogens with two attached hydrogens (primary N) is 2. The van der Waals surface area contributed by atoms with Crippen molar-refractivity contribution in [3.8, 4) is 5.75 Å². The van der Waals surface area contributed by atoms with E-state index in [-0.39, 0.29) is 23.8 Å². The number of nitrogen functional groups attached to an aromatic ring is 1. The fourth-order valence-electron chi connectivity index (χ4n) is 3.36. The van der Waals surface area contributed by atoms with Gasteiger partial charge < -0.3 is 21.2 Å². The highest BCUT2D eigenvalue weighted by molar-refractivity contribution is 6.07. The zero-order valence-corrected chi connectivity index (χ0v) is 17.7. The first-order valence-corrected chi connectivity index (χ1v) is 10.0. The molecule has 164 valence electrons. The second-order valence-electron chi connectivity index (χ2n) is 7.21. The van der Waals surface area contributed by atoms with Gasteiger partial charge in [-0.2, -0.15) is 5.10 Å². The number of aryl methyl sites for hydroxylation is 2. The van der Waals surface area contributed by atoms with Crippen LogP contribution >= 0.6 is 0 Å². The summed E-state index contributed by atoms with van der Waals surface area (Å²) in [4.78, 5) is 32.1. The van der Waals surface area contributed by atoms with Crippen molar-refractivity contribution in [3.63, 3.8) is 0 Å². The van der Waals surface area contributed by atoms with Gasteiger partial charge in [-0.1, -0.05) is 30.3 Å². The molecule has 0 fully saturated rings. The van der Waals surface area contributed by atoms with Gasteiger partial charge in [-0.15, -0.1) is 0 Å². The number of ether oxygens (including phenoxy) is 1. The minimum absolute atomic E-state index is 0.178. The van der Waals surface area contributed by atoms with E-state index in [9.17, 15) is 9.59 Å². The predicted octanol–water partition coefficient (Wildman–Crippen LogP) is 2.60. The maximum Gasteiger partial charge on any atom is 0.278 e. The normalized spacial score (nSPS) is 10.9. The molecule has 0 atom stereocenters. The average Bonchev–Trinajstić information content (AvgIpc) is 3.32. The van der Waals surface area contributed by atoms with Crippen molar-refractivity contribution in [3.05, 3.63) is 65.0 Å². The predicted molar refractivity (Wildman–Crippen MR) is 120 cm³/mol. The van der Waals surface area contributed by atoms with Crippen LogP contribution in [0.3, 0.4) is 0 Å². The summed E-state index contributed by atoms with van der Waals surface area (Å²) in [6, 6.07) is 12.7. The zero-order valence-electron chi connectivity index (χ0n) is 17.7. The average molecular weight is 433 g/mol. The second kappa shape index (κ2) is 8.42. The van der Waals surface area contributed by atoms with E-state index in [2.05, 4.69) is 20.4 Å². The summed E-state index contributed by atoms with van der Waals surface area (Å²) in [5, 5.41) is 6.97. The number of carbonyl (C=O) groups is 2. The summed E-state index contributed by atoms with van der Waals surface area (Å²) in [6.07, 6.45) is 0. The number of nitrogens with one attached hydrogen (secondary N) is 2. The first kappa shape index (κ1) is 20.9. The summed E-state index contributed by atoms with van der Waals surface area (Å²) in [6.45, 7) is 4.37. The number of rotatable bonds is 7. The van der Waals surface area contributed by atoms with Crippen molar-refractivity contribution in [2.24, 2.45) is 5.73 Å². The van der Waals surface area contributed by atoms with E-state index in [1.165, 1.54) is 10.7 Å². The van der Waals surface area contributed by atoms with Gasteiger partial charge in [0.2, 0.25) is 11.9 Å². The SMILES string of the molecule is CCn1nc(C)c(N)c1C(=O)Nc1nc2c(OCc3ccccc3)cc(C(N)=O)cc2[nH]1. The standard InChI is InChI=1S/C22H23N7O3/c1-3-29-19(17(23)12(2)28-29)21(31)27-22-25-15-9-14(20(24)30)10-16(18(15)26-22)32-11-13-7-5-4-6-8-13/h4-10H,3,11,23H2,1-2H3,(H2,24,30)(H2,25,26,27,31). The number of anilines is 2. The van der Waals surface area contributed by atoms with Gasteiger partial charge in [0.15, 0.2) is 0 Å². The number of imidazole rings is 1. The van der Waals surface area contributed by atoms with Crippen LogP contribution in [0.5, 0.6) is 5.75 Å². The smallest absolute Gasteiger partial charge is 0.278 e. The summed E-state index contributed by atoms with van der Waals surface area (Å²) >= 11 is 0. The molecule has 10 nitrogen and oxygen atoms in total. The fraction of sp³-hybridized carbons (Fsp3) is 0.182. The third-order valence-corrected chi connectivity index (χ3v) is 4.99. The van der Waals surface area contributed by atoms with Gasteiger partial charge in [-0.05, 0) is 31.5 Å². The Balaban J connectivity index is 1.67. The number of hydrogen-bond donors (Lipinski definition) is 4. The Hall–Kier alpha value is -4.34. The van der Waals surface area contributed by atoms with Gasteiger partial charge >= 0.3 is 0 Å². The summed E-state index contributed by atoms with van der Waals surface area (Å²) < 4.78 is 7.45. The van der Waals surface area contributed by atoms with E-state index in [1.807, 2.05) is 37.3 Å². The molecule has 0 aliphatic carbocycles. The van der Waals surface area contributed by atoms with Crippen LogP contribution in [0.1, 0.15) is 39.0 Å². The minimum atomic E-state index is -0.605. The van der Waals surface area contributed by atoms with Crippen LogP contribution in [-0.2, 0) is 13.2 Å². The molecule has 0 spiro atoms. The van der Waals surface area contributed by atoms with E-state index in [0.29, 0.717) is 34.7 Å². The van der Waals surface area contributed by atoms with Crippen LogP contribution in [0.25, 0.3) is 11.0 Å². The quantitative estimate of drug-likeness (QED) is 0.351. The zero-order chi connectivity index (χ0) is 22.8. The maximum atomic E-state index is 12.9. The lowest BCUT2D eigenvalue weighted by molar-refractivity contribution is 0.0996. The molecule has 32 heavy (non-hydrogen) atoms. The molecule has 0 saturated carbocycles. The number of aromatic amines is 1. The number of carbonyl (C=O) groups excluding carboxylic acids is 2. The second-order valence-corrected chi connectivity index (χ2v) is 7.21. The number of benzene rings is 2. The Bertz CT molecular complexity index is 1310. The number of fused-ring (bicyclic) bond motifs is 1. The van der Waals surface area contributed by atoms with Gasteiger partial charge in [0, 0.05) is 12.1 Å². The molecule has 6 N–H and O–H groups in total. The van der Waals surface area contributed by atoms with Crippen LogP contribution < -0.4 is 21.5 Å². The van der Waals surface area contributed by atoms with E-state index in [0.717, 1.165) is 5.56 Å². The molecule has 0 aliphatic rings.